The minimum Gasteiger partial charge on any atom is -0.443 e. The van der Waals surface area contributed by atoms with E-state index in [1.54, 1.807) is 43.8 Å². The van der Waals surface area contributed by atoms with Gasteiger partial charge in [0, 0.05) is 30.6 Å². The van der Waals surface area contributed by atoms with Crippen LogP contribution in [-0.4, -0.2) is 43.9 Å². The SMILES string of the molecule is CC(C)(C)OC(=O)N(C[C@]1(c2ncccc2F)C[C@H](F)C1)c1ncc(-n2ccc(C#N)c2)cn1. The van der Waals surface area contributed by atoms with Gasteiger partial charge in [0.2, 0.25) is 5.95 Å². The van der Waals surface area contributed by atoms with Crippen molar-refractivity contribution in [3.63, 3.8) is 0 Å². The third kappa shape index (κ3) is 4.73. The third-order valence-corrected chi connectivity index (χ3v) is 5.55. The molecule has 176 valence electrons. The van der Waals surface area contributed by atoms with Gasteiger partial charge in [-0.15, -0.1) is 0 Å². The molecule has 34 heavy (non-hydrogen) atoms. The number of carbonyl (C=O) groups excluding carboxylic acids is 1. The fourth-order valence-electron chi connectivity index (χ4n) is 4.01. The van der Waals surface area contributed by atoms with Gasteiger partial charge in [0.15, 0.2) is 0 Å². The Morgan fingerprint density at radius 1 is 1.29 bits per heavy atom. The van der Waals surface area contributed by atoms with Crippen LogP contribution in [0.3, 0.4) is 0 Å². The maximum atomic E-state index is 14.7. The average Bonchev–Trinajstić information content (AvgIpc) is 3.24. The highest BCUT2D eigenvalue weighted by atomic mass is 19.1. The van der Waals surface area contributed by atoms with Crippen LogP contribution in [0.1, 0.15) is 44.9 Å². The normalized spacial score (nSPS) is 19.7. The third-order valence-electron chi connectivity index (χ3n) is 5.55. The van der Waals surface area contributed by atoms with Crippen LogP contribution in [-0.2, 0) is 10.2 Å². The van der Waals surface area contributed by atoms with E-state index in [0.717, 1.165) is 0 Å². The van der Waals surface area contributed by atoms with Crippen molar-refractivity contribution in [3.8, 4) is 11.8 Å². The summed E-state index contributed by atoms with van der Waals surface area (Å²) in [5.74, 6) is -0.528. The van der Waals surface area contributed by atoms with E-state index in [1.165, 1.54) is 35.6 Å². The molecule has 4 rings (SSSR count). The lowest BCUT2D eigenvalue weighted by Crippen LogP contribution is -2.54. The van der Waals surface area contributed by atoms with Crippen LogP contribution in [0.5, 0.6) is 0 Å². The summed E-state index contributed by atoms with van der Waals surface area (Å²) in [6.45, 7) is 5.07. The van der Waals surface area contributed by atoms with E-state index in [0.29, 0.717) is 11.3 Å². The zero-order chi connectivity index (χ0) is 24.5. The van der Waals surface area contributed by atoms with E-state index in [4.69, 9.17) is 10.00 Å². The molecule has 1 aliphatic rings. The number of aromatic nitrogens is 4. The van der Waals surface area contributed by atoms with E-state index in [9.17, 15) is 13.6 Å². The van der Waals surface area contributed by atoms with E-state index in [-0.39, 0.29) is 31.0 Å². The summed E-state index contributed by atoms with van der Waals surface area (Å²) in [5.41, 5.74) is -0.687. The second-order valence-corrected chi connectivity index (χ2v) is 9.35. The van der Waals surface area contributed by atoms with Gasteiger partial charge < -0.3 is 9.30 Å². The van der Waals surface area contributed by atoms with Crippen LogP contribution in [0.15, 0.2) is 49.2 Å². The van der Waals surface area contributed by atoms with Gasteiger partial charge in [0.25, 0.3) is 0 Å². The Bertz CT molecular complexity index is 1220. The average molecular weight is 466 g/mol. The number of nitrogens with zero attached hydrogens (tertiary/aromatic N) is 6. The van der Waals surface area contributed by atoms with Gasteiger partial charge >= 0.3 is 6.09 Å². The van der Waals surface area contributed by atoms with Crippen LogP contribution in [0, 0.1) is 17.1 Å². The van der Waals surface area contributed by atoms with Gasteiger partial charge in [-0.05, 0) is 51.8 Å². The van der Waals surface area contributed by atoms with Crippen LogP contribution in [0.4, 0.5) is 19.5 Å². The fraction of sp³-hybridized carbons (Fsp3) is 0.375. The number of carbonyl (C=O) groups is 1. The van der Waals surface area contributed by atoms with Gasteiger partial charge in [-0.2, -0.15) is 5.26 Å². The summed E-state index contributed by atoms with van der Waals surface area (Å²) in [6.07, 6.45) is 5.91. The Balaban J connectivity index is 1.69. The molecule has 0 atom stereocenters. The summed E-state index contributed by atoms with van der Waals surface area (Å²) in [4.78, 5) is 27.2. The van der Waals surface area contributed by atoms with Crippen LogP contribution in [0.2, 0.25) is 0 Å². The molecule has 0 saturated heterocycles. The first-order valence-electron chi connectivity index (χ1n) is 10.8. The molecule has 1 fully saturated rings. The van der Waals surface area contributed by atoms with Gasteiger partial charge in [-0.3, -0.25) is 4.98 Å². The molecule has 3 heterocycles. The predicted molar refractivity (Wildman–Crippen MR) is 120 cm³/mol. The molecule has 3 aromatic rings. The minimum atomic E-state index is -1.13. The Morgan fingerprint density at radius 2 is 2.00 bits per heavy atom. The van der Waals surface area contributed by atoms with E-state index >= 15 is 0 Å². The topological polar surface area (TPSA) is 96.9 Å². The van der Waals surface area contributed by atoms with Crippen molar-refractivity contribution in [2.75, 3.05) is 11.4 Å². The Hall–Kier alpha value is -3.87. The number of alkyl halides is 1. The quantitative estimate of drug-likeness (QED) is 0.550. The Kier molecular flexibility index (Phi) is 6.04. The zero-order valence-electron chi connectivity index (χ0n) is 19.1. The lowest BCUT2D eigenvalue weighted by Gasteiger charge is -2.45. The first-order chi connectivity index (χ1) is 16.1. The smallest absolute Gasteiger partial charge is 0.417 e. The van der Waals surface area contributed by atoms with E-state index in [2.05, 4.69) is 15.0 Å². The molecule has 10 heteroatoms. The summed E-state index contributed by atoms with van der Waals surface area (Å²) in [6, 6.07) is 6.43. The molecule has 1 amide bonds. The summed E-state index contributed by atoms with van der Waals surface area (Å²) >= 11 is 0. The highest BCUT2D eigenvalue weighted by molar-refractivity contribution is 5.86. The molecular formula is C24H24F2N6O2. The maximum absolute atomic E-state index is 14.7. The van der Waals surface area contributed by atoms with Crippen molar-refractivity contribution in [3.05, 3.63) is 66.3 Å². The standard InChI is InChI=1S/C24H24F2N6O2/c1-23(2,3)34-22(33)32(15-24(9-17(25)10-24)20-19(26)5-4-7-28-20)21-29-12-18(13-30-21)31-8-6-16(11-27)14-31/h4-8,12-14,17H,9-10,15H2,1-3H3/t17-,24-. The van der Waals surface area contributed by atoms with Crippen molar-refractivity contribution in [1.29, 1.82) is 5.26 Å². The van der Waals surface area contributed by atoms with Crippen LogP contribution in [0.25, 0.3) is 5.69 Å². The van der Waals surface area contributed by atoms with Gasteiger partial charge in [-0.25, -0.2) is 28.4 Å². The van der Waals surface area contributed by atoms with E-state index < -0.39 is 29.1 Å². The number of halogens is 2. The number of amides is 1. The number of anilines is 1. The molecule has 0 aromatic carbocycles. The number of rotatable bonds is 5. The monoisotopic (exact) mass is 466 g/mol. The first kappa shape index (κ1) is 23.3. The molecular weight excluding hydrogens is 442 g/mol. The minimum absolute atomic E-state index is 0.0125. The van der Waals surface area contributed by atoms with Gasteiger partial charge in [0.05, 0.1) is 29.3 Å². The second-order valence-electron chi connectivity index (χ2n) is 9.35. The molecule has 1 saturated carbocycles. The first-order valence-corrected chi connectivity index (χ1v) is 10.8. The zero-order valence-corrected chi connectivity index (χ0v) is 19.1. The van der Waals surface area contributed by atoms with Crippen molar-refractivity contribution in [2.24, 2.45) is 0 Å². The van der Waals surface area contributed by atoms with Crippen molar-refractivity contribution >= 4 is 12.0 Å². The summed E-state index contributed by atoms with van der Waals surface area (Å²) < 4.78 is 36.0. The number of hydrogen-bond donors (Lipinski definition) is 0. The lowest BCUT2D eigenvalue weighted by atomic mass is 9.64. The fourth-order valence-corrected chi connectivity index (χ4v) is 4.01. The number of hydrogen-bond acceptors (Lipinski definition) is 6. The summed E-state index contributed by atoms with van der Waals surface area (Å²) in [5, 5.41) is 9.03. The Labute approximate surface area is 195 Å². The molecule has 0 aliphatic heterocycles. The molecule has 0 N–H and O–H groups in total. The number of nitriles is 1. The summed E-state index contributed by atoms with van der Waals surface area (Å²) in [7, 11) is 0. The second kappa shape index (κ2) is 8.82. The van der Waals surface area contributed by atoms with Gasteiger partial charge in [0.1, 0.15) is 23.7 Å². The Morgan fingerprint density at radius 3 is 2.56 bits per heavy atom. The van der Waals surface area contributed by atoms with Crippen molar-refractivity contribution in [2.45, 2.75) is 50.8 Å². The predicted octanol–water partition coefficient (Wildman–Crippen LogP) is 4.48. The molecule has 0 spiro atoms. The highest BCUT2D eigenvalue weighted by Crippen LogP contribution is 2.46. The van der Waals surface area contributed by atoms with Crippen molar-refractivity contribution < 1.29 is 18.3 Å². The number of pyridine rings is 1. The van der Waals surface area contributed by atoms with Crippen LogP contribution < -0.4 is 4.90 Å². The molecule has 8 nitrogen and oxygen atoms in total. The maximum Gasteiger partial charge on any atom is 0.417 e. The molecule has 3 aromatic heterocycles. The van der Waals surface area contributed by atoms with E-state index in [1.807, 2.05) is 6.07 Å². The largest absolute Gasteiger partial charge is 0.443 e. The molecule has 0 unspecified atom stereocenters. The number of ether oxygens (including phenoxy) is 1. The molecule has 1 aliphatic carbocycles. The van der Waals surface area contributed by atoms with Crippen molar-refractivity contribution in [1.82, 2.24) is 19.5 Å². The van der Waals surface area contributed by atoms with Crippen LogP contribution >= 0.6 is 0 Å². The van der Waals surface area contributed by atoms with Gasteiger partial charge in [-0.1, -0.05) is 0 Å². The highest BCUT2D eigenvalue weighted by Gasteiger charge is 2.51. The lowest BCUT2D eigenvalue weighted by molar-refractivity contribution is 0.0505. The molecule has 0 radical (unpaired) electrons. The molecule has 0 bridgehead atoms.